The third kappa shape index (κ3) is 7.83. The molecule has 0 unspecified atom stereocenters. The molecule has 0 aliphatic carbocycles. The maximum atomic E-state index is 5.98. The van der Waals surface area contributed by atoms with E-state index in [9.17, 15) is 0 Å². The van der Waals surface area contributed by atoms with Gasteiger partial charge in [-0.15, -0.1) is 24.0 Å². The predicted octanol–water partition coefficient (Wildman–Crippen LogP) is 3.82. The number of aromatic nitrogens is 2. The third-order valence-corrected chi connectivity index (χ3v) is 4.18. The molecule has 138 valence electrons. The van der Waals surface area contributed by atoms with E-state index in [1.165, 1.54) is 12.2 Å². The molecular formula is C16H23ClIN5OS. The van der Waals surface area contributed by atoms with Crippen molar-refractivity contribution in [1.82, 2.24) is 20.8 Å². The Morgan fingerprint density at radius 2 is 2.16 bits per heavy atom. The van der Waals surface area contributed by atoms with Crippen LogP contribution in [0.25, 0.3) is 11.4 Å². The minimum atomic E-state index is 0. The molecule has 6 nitrogen and oxygen atoms in total. The van der Waals surface area contributed by atoms with Crippen molar-refractivity contribution in [3.05, 3.63) is 35.2 Å². The van der Waals surface area contributed by atoms with Gasteiger partial charge in [0.05, 0.1) is 6.54 Å². The quantitative estimate of drug-likeness (QED) is 0.251. The second-order valence-electron chi connectivity index (χ2n) is 5.07. The van der Waals surface area contributed by atoms with Gasteiger partial charge in [-0.05, 0) is 37.0 Å². The lowest BCUT2D eigenvalue weighted by molar-refractivity contribution is 0.375. The maximum absolute atomic E-state index is 5.98. The summed E-state index contributed by atoms with van der Waals surface area (Å²) < 4.78 is 5.26. The molecule has 0 aliphatic heterocycles. The van der Waals surface area contributed by atoms with Crippen molar-refractivity contribution in [2.45, 2.75) is 19.4 Å². The highest BCUT2D eigenvalue weighted by atomic mass is 127. The number of rotatable bonds is 8. The summed E-state index contributed by atoms with van der Waals surface area (Å²) in [6.45, 7) is 1.30. The van der Waals surface area contributed by atoms with E-state index in [0.29, 0.717) is 23.3 Å². The van der Waals surface area contributed by atoms with Crippen LogP contribution in [0.5, 0.6) is 0 Å². The Balaban J connectivity index is 0.00000312. The van der Waals surface area contributed by atoms with Crippen molar-refractivity contribution < 1.29 is 4.52 Å². The normalized spacial score (nSPS) is 11.1. The molecule has 0 radical (unpaired) electrons. The molecule has 1 heterocycles. The fraction of sp³-hybridized carbons (Fsp3) is 0.438. The number of nitrogens with one attached hydrogen (secondary N) is 2. The van der Waals surface area contributed by atoms with Crippen LogP contribution < -0.4 is 10.6 Å². The molecule has 0 spiro atoms. The molecule has 0 bridgehead atoms. The van der Waals surface area contributed by atoms with Crippen molar-refractivity contribution in [2.24, 2.45) is 4.99 Å². The zero-order valence-electron chi connectivity index (χ0n) is 14.3. The molecule has 9 heteroatoms. The summed E-state index contributed by atoms with van der Waals surface area (Å²) >= 11 is 7.84. The first-order valence-corrected chi connectivity index (χ1v) is 9.52. The number of nitrogens with zero attached hydrogens (tertiary/aromatic N) is 3. The van der Waals surface area contributed by atoms with Gasteiger partial charge >= 0.3 is 0 Å². The third-order valence-electron chi connectivity index (χ3n) is 3.25. The van der Waals surface area contributed by atoms with E-state index in [2.05, 4.69) is 32.0 Å². The highest BCUT2D eigenvalue weighted by molar-refractivity contribution is 14.0. The van der Waals surface area contributed by atoms with Crippen molar-refractivity contribution >= 4 is 53.3 Å². The summed E-state index contributed by atoms with van der Waals surface area (Å²) in [5.74, 6) is 2.92. The first-order chi connectivity index (χ1) is 11.7. The minimum Gasteiger partial charge on any atom is -0.356 e. The fourth-order valence-electron chi connectivity index (χ4n) is 2.03. The second kappa shape index (κ2) is 12.4. The first kappa shape index (κ1) is 22.0. The number of aliphatic imine (C=N–C) groups is 1. The summed E-state index contributed by atoms with van der Waals surface area (Å²) in [6.07, 6.45) is 4.43. The van der Waals surface area contributed by atoms with Crippen molar-refractivity contribution in [1.29, 1.82) is 0 Å². The van der Waals surface area contributed by atoms with Crippen LogP contribution in [0.3, 0.4) is 0 Å². The molecule has 1 aromatic heterocycles. The van der Waals surface area contributed by atoms with Gasteiger partial charge in [0.15, 0.2) is 5.96 Å². The number of hydrogen-bond acceptors (Lipinski definition) is 5. The highest BCUT2D eigenvalue weighted by Gasteiger charge is 2.09. The van der Waals surface area contributed by atoms with Crippen LogP contribution >= 0.6 is 47.3 Å². The van der Waals surface area contributed by atoms with Gasteiger partial charge < -0.3 is 15.2 Å². The Kier molecular flexibility index (Phi) is 10.9. The number of benzene rings is 1. The van der Waals surface area contributed by atoms with E-state index >= 15 is 0 Å². The molecular weight excluding hydrogens is 473 g/mol. The highest BCUT2D eigenvalue weighted by Crippen LogP contribution is 2.19. The van der Waals surface area contributed by atoms with E-state index in [1.807, 2.05) is 30.0 Å². The summed E-state index contributed by atoms with van der Waals surface area (Å²) in [6, 6.07) is 7.36. The summed E-state index contributed by atoms with van der Waals surface area (Å²) in [4.78, 5) is 8.54. The van der Waals surface area contributed by atoms with Crippen LogP contribution in [0.15, 0.2) is 33.8 Å². The Hall–Kier alpha value is -1.000. The van der Waals surface area contributed by atoms with Gasteiger partial charge in [-0.1, -0.05) is 28.9 Å². The fourth-order valence-corrected chi connectivity index (χ4v) is 2.71. The molecule has 0 amide bonds. The van der Waals surface area contributed by atoms with Crippen molar-refractivity contribution in [3.8, 4) is 11.4 Å². The lowest BCUT2D eigenvalue weighted by Gasteiger charge is -2.09. The van der Waals surface area contributed by atoms with Crippen LogP contribution in [0.4, 0.5) is 0 Å². The SMILES string of the molecule is CN=C(NCCCCSC)NCc1nc(-c2cccc(Cl)c2)no1.I. The number of unbranched alkanes of at least 4 members (excludes halogenated alkanes) is 1. The van der Waals surface area contributed by atoms with E-state index in [4.69, 9.17) is 16.1 Å². The number of thioether (sulfide) groups is 1. The minimum absolute atomic E-state index is 0. The van der Waals surface area contributed by atoms with Gasteiger partial charge in [-0.3, -0.25) is 4.99 Å². The standard InChI is InChI=1S/C16H22ClN5OS.HI/c1-18-16(19-8-3-4-9-24-2)20-11-14-21-15(22-23-14)12-6-5-7-13(17)10-12;/h5-7,10H,3-4,8-9,11H2,1-2H3,(H2,18,19,20);1H. The topological polar surface area (TPSA) is 75.3 Å². The molecule has 0 fully saturated rings. The van der Waals surface area contributed by atoms with Crippen molar-refractivity contribution in [3.63, 3.8) is 0 Å². The second-order valence-corrected chi connectivity index (χ2v) is 6.50. The molecule has 0 saturated heterocycles. The molecule has 2 rings (SSSR count). The largest absolute Gasteiger partial charge is 0.356 e. The van der Waals surface area contributed by atoms with Crippen LogP contribution in [-0.2, 0) is 6.54 Å². The average molecular weight is 496 g/mol. The Morgan fingerprint density at radius 3 is 2.88 bits per heavy atom. The van der Waals surface area contributed by atoms with Crippen LogP contribution in [0.2, 0.25) is 5.02 Å². The number of hydrogen-bond donors (Lipinski definition) is 2. The van der Waals surface area contributed by atoms with Gasteiger partial charge in [0.2, 0.25) is 11.7 Å². The Bertz CT molecular complexity index is 667. The smallest absolute Gasteiger partial charge is 0.246 e. The summed E-state index contributed by atoms with van der Waals surface area (Å²) in [5.41, 5.74) is 0.828. The van der Waals surface area contributed by atoms with E-state index < -0.39 is 0 Å². The average Bonchev–Trinajstić information content (AvgIpc) is 3.06. The molecule has 1 aromatic carbocycles. The zero-order chi connectivity index (χ0) is 17.2. The molecule has 25 heavy (non-hydrogen) atoms. The van der Waals surface area contributed by atoms with Gasteiger partial charge in [0.25, 0.3) is 0 Å². The van der Waals surface area contributed by atoms with Gasteiger partial charge in [0, 0.05) is 24.2 Å². The molecule has 0 aliphatic rings. The summed E-state index contributed by atoms with van der Waals surface area (Å²) in [5, 5.41) is 11.1. The molecule has 0 atom stereocenters. The van der Waals surface area contributed by atoms with E-state index in [1.54, 1.807) is 13.1 Å². The van der Waals surface area contributed by atoms with E-state index in [0.717, 1.165) is 24.5 Å². The monoisotopic (exact) mass is 495 g/mol. The number of guanidine groups is 1. The van der Waals surface area contributed by atoms with Crippen LogP contribution in [0, 0.1) is 0 Å². The zero-order valence-corrected chi connectivity index (χ0v) is 18.2. The Morgan fingerprint density at radius 1 is 1.32 bits per heavy atom. The molecule has 2 aromatic rings. The molecule has 0 saturated carbocycles. The molecule has 2 N–H and O–H groups in total. The van der Waals surface area contributed by atoms with Gasteiger partial charge in [0.1, 0.15) is 0 Å². The number of halogens is 2. The lowest BCUT2D eigenvalue weighted by Crippen LogP contribution is -2.37. The van der Waals surface area contributed by atoms with Gasteiger partial charge in [-0.25, -0.2) is 0 Å². The van der Waals surface area contributed by atoms with E-state index in [-0.39, 0.29) is 24.0 Å². The predicted molar refractivity (Wildman–Crippen MR) is 116 cm³/mol. The Labute approximate surface area is 174 Å². The van der Waals surface area contributed by atoms with Gasteiger partial charge in [-0.2, -0.15) is 16.7 Å². The van der Waals surface area contributed by atoms with Crippen LogP contribution in [0.1, 0.15) is 18.7 Å². The van der Waals surface area contributed by atoms with Crippen LogP contribution in [-0.4, -0.2) is 41.7 Å². The maximum Gasteiger partial charge on any atom is 0.246 e. The summed E-state index contributed by atoms with van der Waals surface area (Å²) in [7, 11) is 1.74. The lowest BCUT2D eigenvalue weighted by atomic mass is 10.2. The first-order valence-electron chi connectivity index (χ1n) is 7.75. The van der Waals surface area contributed by atoms with Crippen molar-refractivity contribution in [2.75, 3.05) is 25.6 Å².